The lowest BCUT2D eigenvalue weighted by Gasteiger charge is -2.24. The fraction of sp³-hybridized carbons (Fsp3) is 0.192. The number of rotatable bonds is 4. The average Bonchev–Trinajstić information content (AvgIpc) is 3.47. The maximum atomic E-state index is 13.9. The molecule has 0 radical (unpaired) electrons. The molecule has 0 spiro atoms. The second-order valence-electron chi connectivity index (χ2n) is 8.35. The fourth-order valence-corrected chi connectivity index (χ4v) is 5.58. The minimum absolute atomic E-state index is 0.106. The zero-order valence-electron chi connectivity index (χ0n) is 18.5. The molecule has 1 atom stereocenters. The zero-order valence-corrected chi connectivity index (χ0v) is 20.1. The van der Waals surface area contributed by atoms with Crippen LogP contribution >= 0.6 is 22.9 Å². The van der Waals surface area contributed by atoms with Crippen LogP contribution in [0.2, 0.25) is 5.02 Å². The van der Waals surface area contributed by atoms with Crippen molar-refractivity contribution in [1.29, 1.82) is 0 Å². The monoisotopic (exact) mass is 505 g/mol. The first kappa shape index (κ1) is 21.9. The molecule has 7 nitrogen and oxygen atoms in total. The highest BCUT2D eigenvalue weighted by Crippen LogP contribution is 2.39. The molecule has 2 aliphatic rings. The number of amides is 2. The van der Waals surface area contributed by atoms with E-state index >= 15 is 0 Å². The van der Waals surface area contributed by atoms with Crippen LogP contribution in [-0.2, 0) is 9.59 Å². The Labute approximate surface area is 210 Å². The molecule has 0 N–H and O–H groups in total. The number of para-hydroxylation sites is 1. The van der Waals surface area contributed by atoms with Crippen molar-refractivity contribution in [2.75, 3.05) is 29.6 Å². The smallest absolute Gasteiger partial charge is 0.238 e. The van der Waals surface area contributed by atoms with E-state index in [9.17, 15) is 9.59 Å². The molecule has 0 unspecified atom stereocenters. The summed E-state index contributed by atoms with van der Waals surface area (Å²) < 4.78 is 12.2. The Hall–Kier alpha value is -3.62. The summed E-state index contributed by atoms with van der Waals surface area (Å²) in [4.78, 5) is 34.8. The highest BCUT2D eigenvalue weighted by Gasteiger charge is 2.39. The van der Waals surface area contributed by atoms with Gasteiger partial charge in [-0.3, -0.25) is 14.5 Å². The maximum absolute atomic E-state index is 13.9. The van der Waals surface area contributed by atoms with Gasteiger partial charge >= 0.3 is 0 Å². The number of fused-ring (bicyclic) bond motifs is 2. The van der Waals surface area contributed by atoms with Crippen LogP contribution < -0.4 is 19.3 Å². The van der Waals surface area contributed by atoms with Gasteiger partial charge in [0.1, 0.15) is 13.2 Å². The predicted octanol–water partition coefficient (Wildman–Crippen LogP) is 5.44. The summed E-state index contributed by atoms with van der Waals surface area (Å²) in [5, 5.41) is 1.06. The van der Waals surface area contributed by atoms with Crippen LogP contribution in [0.3, 0.4) is 0 Å². The number of hydrogen-bond donors (Lipinski definition) is 0. The molecule has 2 amide bonds. The Kier molecular flexibility index (Phi) is 5.54. The lowest BCUT2D eigenvalue weighted by Crippen LogP contribution is -2.34. The van der Waals surface area contributed by atoms with Crippen molar-refractivity contribution in [3.05, 3.63) is 71.8 Å². The summed E-state index contributed by atoms with van der Waals surface area (Å²) >= 11 is 7.69. The molecule has 35 heavy (non-hydrogen) atoms. The van der Waals surface area contributed by atoms with Gasteiger partial charge in [-0.2, -0.15) is 0 Å². The third-order valence-corrected chi connectivity index (χ3v) is 7.33. The SMILES string of the molecule is O=C1C[C@@H](C(=O)N(c2cccc(Cl)c2)c2nc3ccccc3s2)CN1c1ccc2c(c1)OCCO2. The number of aromatic nitrogens is 1. The quantitative estimate of drug-likeness (QED) is 0.369. The van der Waals surface area contributed by atoms with Crippen LogP contribution in [0.5, 0.6) is 11.5 Å². The molecule has 0 saturated carbocycles. The molecule has 0 bridgehead atoms. The van der Waals surface area contributed by atoms with Gasteiger partial charge < -0.3 is 14.4 Å². The Morgan fingerprint density at radius 1 is 1.03 bits per heavy atom. The van der Waals surface area contributed by atoms with Crippen LogP contribution in [-0.4, -0.2) is 36.6 Å². The first-order valence-electron chi connectivity index (χ1n) is 11.2. The Morgan fingerprint density at radius 2 is 1.86 bits per heavy atom. The Morgan fingerprint density at radius 3 is 2.69 bits per heavy atom. The fourth-order valence-electron chi connectivity index (χ4n) is 4.41. The molecule has 9 heteroatoms. The minimum Gasteiger partial charge on any atom is -0.486 e. The van der Waals surface area contributed by atoms with E-state index in [1.807, 2.05) is 36.4 Å². The van der Waals surface area contributed by atoms with Gasteiger partial charge in [0.05, 0.1) is 21.8 Å². The van der Waals surface area contributed by atoms with Crippen molar-refractivity contribution in [1.82, 2.24) is 4.98 Å². The number of carbonyl (C=O) groups excluding carboxylic acids is 2. The van der Waals surface area contributed by atoms with Crippen molar-refractivity contribution in [3.8, 4) is 11.5 Å². The number of hydrogen-bond acceptors (Lipinski definition) is 6. The molecular weight excluding hydrogens is 486 g/mol. The standard InChI is InChI=1S/C26H20ClN3O4S/c27-17-4-3-5-19(13-17)30(26-28-20-6-1-2-7-23(20)35-26)25(32)16-12-24(31)29(15-16)18-8-9-21-22(14-18)34-11-10-33-21/h1-9,13-14,16H,10-12,15H2/t16-/m1/s1. The number of carbonyl (C=O) groups is 2. The van der Waals surface area contributed by atoms with Crippen molar-refractivity contribution in [2.24, 2.45) is 5.92 Å². The Bertz CT molecular complexity index is 1420. The summed E-state index contributed by atoms with van der Waals surface area (Å²) in [7, 11) is 0. The molecule has 0 aliphatic carbocycles. The average molecular weight is 506 g/mol. The number of thiazole rings is 1. The van der Waals surface area contributed by atoms with Crippen LogP contribution in [0.4, 0.5) is 16.5 Å². The summed E-state index contributed by atoms with van der Waals surface area (Å²) in [6.45, 7) is 1.22. The van der Waals surface area contributed by atoms with E-state index in [2.05, 4.69) is 0 Å². The first-order chi connectivity index (χ1) is 17.1. The molecule has 2 aliphatic heterocycles. The zero-order chi connectivity index (χ0) is 23.9. The van der Waals surface area contributed by atoms with E-state index in [-0.39, 0.29) is 24.8 Å². The van der Waals surface area contributed by atoms with Crippen LogP contribution in [0.1, 0.15) is 6.42 Å². The van der Waals surface area contributed by atoms with Gasteiger partial charge in [0.2, 0.25) is 11.8 Å². The molecule has 1 aromatic heterocycles. The number of ether oxygens (including phenoxy) is 2. The van der Waals surface area contributed by atoms with Gasteiger partial charge in [-0.05, 0) is 42.5 Å². The van der Waals surface area contributed by atoms with Crippen LogP contribution in [0.15, 0.2) is 66.7 Å². The lowest BCUT2D eigenvalue weighted by molar-refractivity contribution is -0.123. The predicted molar refractivity (Wildman–Crippen MR) is 136 cm³/mol. The molecule has 3 aromatic carbocycles. The number of nitrogens with zero attached hydrogens (tertiary/aromatic N) is 3. The van der Waals surface area contributed by atoms with Gasteiger partial charge in [0.15, 0.2) is 16.6 Å². The third kappa shape index (κ3) is 4.09. The molecule has 3 heterocycles. The number of benzene rings is 3. The number of anilines is 3. The van der Waals surface area contributed by atoms with Gasteiger partial charge in [-0.15, -0.1) is 0 Å². The highest BCUT2D eigenvalue weighted by atomic mass is 35.5. The summed E-state index contributed by atoms with van der Waals surface area (Å²) in [5.74, 6) is 0.408. The maximum Gasteiger partial charge on any atom is 0.238 e. The molecule has 176 valence electrons. The van der Waals surface area contributed by atoms with Gasteiger partial charge in [0.25, 0.3) is 0 Å². The highest BCUT2D eigenvalue weighted by molar-refractivity contribution is 7.22. The Balaban J connectivity index is 1.33. The van der Waals surface area contributed by atoms with E-state index < -0.39 is 5.92 Å². The van der Waals surface area contributed by atoms with Crippen molar-refractivity contribution in [3.63, 3.8) is 0 Å². The van der Waals surface area contributed by atoms with Crippen molar-refractivity contribution >= 4 is 61.5 Å². The van der Waals surface area contributed by atoms with Gasteiger partial charge in [-0.25, -0.2) is 4.98 Å². The van der Waals surface area contributed by atoms with E-state index in [0.29, 0.717) is 46.2 Å². The van der Waals surface area contributed by atoms with Gasteiger partial charge in [0, 0.05) is 29.7 Å². The second-order valence-corrected chi connectivity index (χ2v) is 9.80. The first-order valence-corrected chi connectivity index (χ1v) is 12.4. The molecule has 6 rings (SSSR count). The summed E-state index contributed by atoms with van der Waals surface area (Å²) in [6, 6.07) is 20.3. The van der Waals surface area contributed by atoms with Crippen molar-refractivity contribution < 1.29 is 19.1 Å². The molecular formula is C26H20ClN3O4S. The second kappa shape index (κ2) is 8.87. The van der Waals surface area contributed by atoms with Crippen LogP contribution in [0.25, 0.3) is 10.2 Å². The summed E-state index contributed by atoms with van der Waals surface area (Å²) in [5.41, 5.74) is 2.11. The van der Waals surface area contributed by atoms with E-state index in [1.54, 1.807) is 40.1 Å². The molecule has 4 aromatic rings. The molecule has 1 saturated heterocycles. The largest absolute Gasteiger partial charge is 0.486 e. The van der Waals surface area contributed by atoms with E-state index in [4.69, 9.17) is 26.1 Å². The van der Waals surface area contributed by atoms with Crippen molar-refractivity contribution in [2.45, 2.75) is 6.42 Å². The van der Waals surface area contributed by atoms with Gasteiger partial charge in [-0.1, -0.05) is 41.1 Å². The van der Waals surface area contributed by atoms with Crippen LogP contribution in [0, 0.1) is 5.92 Å². The summed E-state index contributed by atoms with van der Waals surface area (Å²) in [6.07, 6.45) is 0.106. The molecule has 1 fully saturated rings. The number of halogens is 1. The lowest BCUT2D eigenvalue weighted by atomic mass is 10.1. The topological polar surface area (TPSA) is 72.0 Å². The third-order valence-electron chi connectivity index (χ3n) is 6.07. The normalized spacial score (nSPS) is 17.1. The van der Waals surface area contributed by atoms with E-state index in [1.165, 1.54) is 11.3 Å². The minimum atomic E-state index is -0.540. The van der Waals surface area contributed by atoms with E-state index in [0.717, 1.165) is 10.2 Å².